The van der Waals surface area contributed by atoms with Gasteiger partial charge in [0.2, 0.25) is 0 Å². The number of ether oxygens (including phenoxy) is 1. The van der Waals surface area contributed by atoms with Crippen LogP contribution in [0.15, 0.2) is 18.2 Å². The molecule has 2 rings (SSSR count). The number of hydrogen-bond donors (Lipinski definition) is 1. The molecule has 1 aromatic rings. The number of nitrogens with one attached hydrogen (secondary N) is 1. The molecule has 1 aliphatic heterocycles. The van der Waals surface area contributed by atoms with Gasteiger partial charge in [-0.05, 0) is 69.7 Å². The molecule has 0 aliphatic carbocycles. The highest BCUT2D eigenvalue weighted by atomic mass is 16.5. The average Bonchev–Trinajstić information content (AvgIpc) is 2.44. The molecule has 1 aliphatic rings. The van der Waals surface area contributed by atoms with Crippen molar-refractivity contribution in [3.8, 4) is 0 Å². The van der Waals surface area contributed by atoms with Crippen LogP contribution in [0.5, 0.6) is 0 Å². The Labute approximate surface area is 123 Å². The summed E-state index contributed by atoms with van der Waals surface area (Å²) in [5.41, 5.74) is 4.09. The standard InChI is InChI=1S/C18H29NO/c1-5-12-19-17(18(4)11-6-7-13-20-18)16-10-8-9-14(2)15(16)3/h8-10,17,19H,5-7,11-13H2,1-4H3. The lowest BCUT2D eigenvalue weighted by molar-refractivity contribution is -0.0898. The van der Waals surface area contributed by atoms with Gasteiger partial charge in [0.1, 0.15) is 0 Å². The number of benzene rings is 1. The summed E-state index contributed by atoms with van der Waals surface area (Å²) in [6.45, 7) is 10.9. The summed E-state index contributed by atoms with van der Waals surface area (Å²) in [6, 6.07) is 6.92. The third kappa shape index (κ3) is 3.24. The van der Waals surface area contributed by atoms with E-state index in [-0.39, 0.29) is 5.60 Å². The molecule has 2 heteroatoms. The van der Waals surface area contributed by atoms with Gasteiger partial charge in [-0.25, -0.2) is 0 Å². The van der Waals surface area contributed by atoms with E-state index in [1.54, 1.807) is 0 Å². The SMILES string of the molecule is CCCNC(c1cccc(C)c1C)C1(C)CCCCO1. The molecule has 1 saturated heterocycles. The maximum atomic E-state index is 6.21. The van der Waals surface area contributed by atoms with E-state index in [0.29, 0.717) is 6.04 Å². The second kappa shape index (κ2) is 6.73. The van der Waals surface area contributed by atoms with Gasteiger partial charge in [-0.2, -0.15) is 0 Å². The van der Waals surface area contributed by atoms with E-state index in [1.165, 1.54) is 29.5 Å². The van der Waals surface area contributed by atoms with Crippen LogP contribution in [0.4, 0.5) is 0 Å². The lowest BCUT2D eigenvalue weighted by atomic mass is 9.82. The van der Waals surface area contributed by atoms with Crippen molar-refractivity contribution >= 4 is 0 Å². The molecule has 0 spiro atoms. The molecule has 0 radical (unpaired) electrons. The predicted molar refractivity (Wildman–Crippen MR) is 85.2 cm³/mol. The average molecular weight is 275 g/mol. The molecule has 1 aromatic carbocycles. The van der Waals surface area contributed by atoms with Crippen LogP contribution < -0.4 is 5.32 Å². The van der Waals surface area contributed by atoms with Crippen molar-refractivity contribution in [3.05, 3.63) is 34.9 Å². The fourth-order valence-electron chi connectivity index (χ4n) is 3.21. The van der Waals surface area contributed by atoms with Gasteiger partial charge in [0.15, 0.2) is 0 Å². The third-order valence-corrected chi connectivity index (χ3v) is 4.67. The van der Waals surface area contributed by atoms with Crippen molar-refractivity contribution in [2.24, 2.45) is 0 Å². The quantitative estimate of drug-likeness (QED) is 0.865. The summed E-state index contributed by atoms with van der Waals surface area (Å²) < 4.78 is 6.21. The minimum atomic E-state index is -0.0774. The van der Waals surface area contributed by atoms with Gasteiger partial charge in [-0.15, -0.1) is 0 Å². The molecule has 112 valence electrons. The Bertz CT molecular complexity index is 435. The number of aryl methyl sites for hydroxylation is 1. The summed E-state index contributed by atoms with van der Waals surface area (Å²) in [6.07, 6.45) is 4.76. The maximum absolute atomic E-state index is 6.21. The molecular weight excluding hydrogens is 246 g/mol. The van der Waals surface area contributed by atoms with E-state index in [1.807, 2.05) is 0 Å². The third-order valence-electron chi connectivity index (χ3n) is 4.67. The first-order chi connectivity index (χ1) is 9.58. The first-order valence-electron chi connectivity index (χ1n) is 8.02. The zero-order chi connectivity index (χ0) is 14.6. The van der Waals surface area contributed by atoms with Crippen LogP contribution in [-0.2, 0) is 4.74 Å². The summed E-state index contributed by atoms with van der Waals surface area (Å²) in [5, 5.41) is 3.74. The summed E-state index contributed by atoms with van der Waals surface area (Å²) in [7, 11) is 0. The Morgan fingerprint density at radius 3 is 2.75 bits per heavy atom. The Balaban J connectivity index is 2.33. The van der Waals surface area contributed by atoms with Gasteiger partial charge < -0.3 is 10.1 Å². The fraction of sp³-hybridized carbons (Fsp3) is 0.667. The Hall–Kier alpha value is -0.860. The Morgan fingerprint density at radius 2 is 2.10 bits per heavy atom. The van der Waals surface area contributed by atoms with Gasteiger partial charge in [0.05, 0.1) is 11.6 Å². The van der Waals surface area contributed by atoms with Crippen molar-refractivity contribution in [1.29, 1.82) is 0 Å². The summed E-state index contributed by atoms with van der Waals surface area (Å²) in [4.78, 5) is 0. The highest BCUT2D eigenvalue weighted by Gasteiger charge is 2.38. The number of hydrogen-bond acceptors (Lipinski definition) is 2. The van der Waals surface area contributed by atoms with Gasteiger partial charge in [0.25, 0.3) is 0 Å². The highest BCUT2D eigenvalue weighted by Crippen LogP contribution is 2.38. The second-order valence-electron chi connectivity index (χ2n) is 6.29. The molecule has 1 N–H and O–H groups in total. The predicted octanol–water partition coefficient (Wildman–Crippen LogP) is 4.30. The van der Waals surface area contributed by atoms with Crippen LogP contribution in [0.2, 0.25) is 0 Å². The van der Waals surface area contributed by atoms with Crippen molar-refractivity contribution in [3.63, 3.8) is 0 Å². The number of rotatable bonds is 5. The molecule has 0 aromatic heterocycles. The van der Waals surface area contributed by atoms with Crippen LogP contribution in [0.1, 0.15) is 62.3 Å². The molecule has 2 unspecified atom stereocenters. The van der Waals surface area contributed by atoms with Crippen molar-refractivity contribution in [1.82, 2.24) is 5.32 Å². The summed E-state index contributed by atoms with van der Waals surface area (Å²) >= 11 is 0. The van der Waals surface area contributed by atoms with Crippen LogP contribution >= 0.6 is 0 Å². The van der Waals surface area contributed by atoms with E-state index in [0.717, 1.165) is 26.0 Å². The highest BCUT2D eigenvalue weighted by molar-refractivity contribution is 5.36. The smallest absolute Gasteiger partial charge is 0.0848 e. The van der Waals surface area contributed by atoms with Crippen molar-refractivity contribution in [2.75, 3.05) is 13.2 Å². The second-order valence-corrected chi connectivity index (χ2v) is 6.29. The molecule has 2 nitrogen and oxygen atoms in total. The van der Waals surface area contributed by atoms with Crippen molar-refractivity contribution < 1.29 is 4.74 Å². The first-order valence-corrected chi connectivity index (χ1v) is 8.02. The van der Waals surface area contributed by atoms with Gasteiger partial charge in [0, 0.05) is 6.61 Å². The van der Waals surface area contributed by atoms with Gasteiger partial charge in [-0.3, -0.25) is 0 Å². The molecule has 0 saturated carbocycles. The van der Waals surface area contributed by atoms with E-state index >= 15 is 0 Å². The van der Waals surface area contributed by atoms with E-state index < -0.39 is 0 Å². The normalized spacial score (nSPS) is 24.6. The minimum Gasteiger partial charge on any atom is -0.373 e. The molecule has 0 bridgehead atoms. The zero-order valence-electron chi connectivity index (χ0n) is 13.5. The maximum Gasteiger partial charge on any atom is 0.0848 e. The van der Waals surface area contributed by atoms with Gasteiger partial charge >= 0.3 is 0 Å². The largest absolute Gasteiger partial charge is 0.373 e. The lowest BCUT2D eigenvalue weighted by Crippen LogP contribution is -2.46. The Morgan fingerprint density at radius 1 is 1.30 bits per heavy atom. The summed E-state index contributed by atoms with van der Waals surface area (Å²) in [5.74, 6) is 0. The first kappa shape index (κ1) is 15.5. The zero-order valence-corrected chi connectivity index (χ0v) is 13.5. The molecule has 0 amide bonds. The van der Waals surface area contributed by atoms with E-state index in [9.17, 15) is 0 Å². The molecular formula is C18H29NO. The molecule has 2 atom stereocenters. The molecule has 1 fully saturated rings. The molecule has 20 heavy (non-hydrogen) atoms. The van der Waals surface area contributed by atoms with Gasteiger partial charge in [-0.1, -0.05) is 25.1 Å². The van der Waals surface area contributed by atoms with Crippen LogP contribution in [0.3, 0.4) is 0 Å². The van der Waals surface area contributed by atoms with E-state index in [2.05, 4.69) is 51.2 Å². The fourth-order valence-corrected chi connectivity index (χ4v) is 3.21. The topological polar surface area (TPSA) is 21.3 Å². The van der Waals surface area contributed by atoms with Crippen LogP contribution in [-0.4, -0.2) is 18.8 Å². The van der Waals surface area contributed by atoms with E-state index in [4.69, 9.17) is 4.74 Å². The van der Waals surface area contributed by atoms with Crippen LogP contribution in [0.25, 0.3) is 0 Å². The Kier molecular flexibility index (Phi) is 5.22. The monoisotopic (exact) mass is 275 g/mol. The van der Waals surface area contributed by atoms with Crippen molar-refractivity contribution in [2.45, 2.75) is 65.0 Å². The minimum absolute atomic E-state index is 0.0774. The van der Waals surface area contributed by atoms with Crippen LogP contribution in [0, 0.1) is 13.8 Å². The lowest BCUT2D eigenvalue weighted by Gasteiger charge is -2.42. The molecule has 1 heterocycles.